The van der Waals surface area contributed by atoms with Gasteiger partial charge in [-0.2, -0.15) is 0 Å². The maximum Gasteiger partial charge on any atom is 0.308 e. The average Bonchev–Trinajstić information content (AvgIpc) is 2.99. The van der Waals surface area contributed by atoms with Crippen LogP contribution in [0.2, 0.25) is 0 Å². The van der Waals surface area contributed by atoms with Gasteiger partial charge in [0.15, 0.2) is 5.69 Å². The molecular formula is C19H24N4O3. The number of benzene rings is 1. The number of carboxylic acids is 1. The molecule has 7 heteroatoms. The first kappa shape index (κ1) is 18.1. The zero-order chi connectivity index (χ0) is 18.5. The second kappa shape index (κ2) is 8.12. The lowest BCUT2D eigenvalue weighted by Crippen LogP contribution is -2.44. The van der Waals surface area contributed by atoms with Crippen LogP contribution in [-0.4, -0.2) is 38.0 Å². The van der Waals surface area contributed by atoms with E-state index >= 15 is 0 Å². The maximum absolute atomic E-state index is 12.7. The van der Waals surface area contributed by atoms with Crippen molar-refractivity contribution in [2.24, 2.45) is 5.92 Å². The van der Waals surface area contributed by atoms with Gasteiger partial charge in [0.1, 0.15) is 0 Å². The molecule has 1 aromatic carbocycles. The van der Waals surface area contributed by atoms with E-state index in [0.29, 0.717) is 18.5 Å². The molecule has 0 aliphatic heterocycles. The number of rotatable bonds is 4. The summed E-state index contributed by atoms with van der Waals surface area (Å²) in [4.78, 5) is 24.3. The number of aromatic nitrogens is 3. The van der Waals surface area contributed by atoms with E-state index in [1.54, 1.807) is 11.6 Å². The molecule has 1 saturated carbocycles. The standard InChI is InChI=1S/C19H24N4O3/c1-13-17(21-22-23(13)14-9-5-4-6-10-14)18(24)20-16-12-8-3-2-7-11-15(16)19(25)26/h4-6,9-10,15-16H,2-3,7-8,11-12H2,1H3,(H,20,24)(H,25,26). The summed E-state index contributed by atoms with van der Waals surface area (Å²) in [5, 5.41) is 20.5. The maximum atomic E-state index is 12.7. The van der Waals surface area contributed by atoms with Crippen molar-refractivity contribution in [2.45, 2.75) is 51.5 Å². The van der Waals surface area contributed by atoms with Crippen molar-refractivity contribution < 1.29 is 14.7 Å². The van der Waals surface area contributed by atoms with Crippen LogP contribution >= 0.6 is 0 Å². The lowest BCUT2D eigenvalue weighted by atomic mass is 9.86. The molecule has 1 amide bonds. The highest BCUT2D eigenvalue weighted by Gasteiger charge is 2.31. The molecule has 0 radical (unpaired) electrons. The molecule has 1 aliphatic rings. The van der Waals surface area contributed by atoms with E-state index in [9.17, 15) is 14.7 Å². The number of nitrogens with one attached hydrogen (secondary N) is 1. The van der Waals surface area contributed by atoms with E-state index in [4.69, 9.17) is 0 Å². The Morgan fingerprint density at radius 2 is 1.81 bits per heavy atom. The molecule has 1 aliphatic carbocycles. The number of hydrogen-bond donors (Lipinski definition) is 2. The Morgan fingerprint density at radius 1 is 1.12 bits per heavy atom. The summed E-state index contributed by atoms with van der Waals surface area (Å²) in [5.74, 6) is -1.76. The third kappa shape index (κ3) is 3.92. The van der Waals surface area contributed by atoms with Gasteiger partial charge in [0, 0.05) is 6.04 Å². The second-order valence-electron chi connectivity index (χ2n) is 6.79. The molecule has 2 N–H and O–H groups in total. The number of carboxylic acid groups (broad SMARTS) is 1. The van der Waals surface area contributed by atoms with Crippen molar-refractivity contribution >= 4 is 11.9 Å². The zero-order valence-electron chi connectivity index (χ0n) is 14.9. The van der Waals surface area contributed by atoms with Gasteiger partial charge in [-0.3, -0.25) is 9.59 Å². The molecule has 26 heavy (non-hydrogen) atoms. The topological polar surface area (TPSA) is 97.1 Å². The number of aliphatic carboxylic acids is 1. The molecule has 2 atom stereocenters. The molecule has 7 nitrogen and oxygen atoms in total. The summed E-state index contributed by atoms with van der Waals surface area (Å²) in [6.07, 6.45) is 5.19. The summed E-state index contributed by atoms with van der Waals surface area (Å²) >= 11 is 0. The van der Waals surface area contributed by atoms with E-state index in [1.807, 2.05) is 30.3 Å². The number of amides is 1. The molecule has 138 valence electrons. The van der Waals surface area contributed by atoms with Gasteiger partial charge in [0.2, 0.25) is 0 Å². The van der Waals surface area contributed by atoms with Crippen LogP contribution in [0.25, 0.3) is 5.69 Å². The highest BCUT2D eigenvalue weighted by atomic mass is 16.4. The number of para-hydroxylation sites is 1. The largest absolute Gasteiger partial charge is 0.481 e. The van der Waals surface area contributed by atoms with Crippen LogP contribution in [0, 0.1) is 12.8 Å². The van der Waals surface area contributed by atoms with Gasteiger partial charge in [-0.15, -0.1) is 5.10 Å². The van der Waals surface area contributed by atoms with Crippen molar-refractivity contribution in [1.29, 1.82) is 0 Å². The fraction of sp³-hybridized carbons (Fsp3) is 0.474. The Labute approximate surface area is 152 Å². The summed E-state index contributed by atoms with van der Waals surface area (Å²) in [6.45, 7) is 1.79. The Hall–Kier alpha value is -2.70. The Morgan fingerprint density at radius 3 is 2.50 bits per heavy atom. The first-order valence-corrected chi connectivity index (χ1v) is 9.09. The third-order valence-electron chi connectivity index (χ3n) is 5.01. The number of hydrogen-bond acceptors (Lipinski definition) is 4. The van der Waals surface area contributed by atoms with Crippen LogP contribution in [0.5, 0.6) is 0 Å². The van der Waals surface area contributed by atoms with E-state index in [0.717, 1.165) is 31.4 Å². The van der Waals surface area contributed by atoms with Crippen molar-refractivity contribution in [1.82, 2.24) is 20.3 Å². The molecule has 1 aromatic heterocycles. The highest BCUT2D eigenvalue weighted by Crippen LogP contribution is 2.24. The van der Waals surface area contributed by atoms with Gasteiger partial charge < -0.3 is 10.4 Å². The molecule has 0 spiro atoms. The minimum absolute atomic E-state index is 0.236. The molecule has 2 aromatic rings. The normalized spacial score (nSPS) is 20.8. The first-order chi connectivity index (χ1) is 12.6. The summed E-state index contributed by atoms with van der Waals surface area (Å²) in [5.41, 5.74) is 1.69. The van der Waals surface area contributed by atoms with Gasteiger partial charge in [-0.1, -0.05) is 49.1 Å². The van der Waals surface area contributed by atoms with E-state index < -0.39 is 11.9 Å². The predicted molar refractivity (Wildman–Crippen MR) is 96.2 cm³/mol. The van der Waals surface area contributed by atoms with Crippen LogP contribution in [0.1, 0.15) is 54.7 Å². The van der Waals surface area contributed by atoms with Crippen LogP contribution in [0.4, 0.5) is 0 Å². The Bertz CT molecular complexity index is 772. The monoisotopic (exact) mass is 356 g/mol. The third-order valence-corrected chi connectivity index (χ3v) is 5.01. The highest BCUT2D eigenvalue weighted by molar-refractivity contribution is 5.93. The summed E-state index contributed by atoms with van der Waals surface area (Å²) in [7, 11) is 0. The SMILES string of the molecule is Cc1c(C(=O)NC2CCCCCCC2C(=O)O)nnn1-c1ccccc1. The fourth-order valence-corrected chi connectivity index (χ4v) is 3.54. The lowest BCUT2D eigenvalue weighted by molar-refractivity contribution is -0.143. The van der Waals surface area contributed by atoms with Gasteiger partial charge in [-0.25, -0.2) is 4.68 Å². The summed E-state index contributed by atoms with van der Waals surface area (Å²) < 4.78 is 1.61. The second-order valence-corrected chi connectivity index (χ2v) is 6.79. The van der Waals surface area contributed by atoms with Crippen LogP contribution in [0.3, 0.4) is 0 Å². The minimum Gasteiger partial charge on any atom is -0.481 e. The minimum atomic E-state index is -0.845. The van der Waals surface area contributed by atoms with Crippen LogP contribution < -0.4 is 5.32 Å². The Kier molecular flexibility index (Phi) is 5.65. The molecule has 3 rings (SSSR count). The van der Waals surface area contributed by atoms with Gasteiger partial charge in [0.05, 0.1) is 17.3 Å². The number of nitrogens with zero attached hydrogens (tertiary/aromatic N) is 3. The van der Waals surface area contributed by atoms with Crippen molar-refractivity contribution in [2.75, 3.05) is 0 Å². The zero-order valence-corrected chi connectivity index (χ0v) is 14.9. The quantitative estimate of drug-likeness (QED) is 0.878. The molecular weight excluding hydrogens is 332 g/mol. The van der Waals surface area contributed by atoms with Crippen LogP contribution in [-0.2, 0) is 4.79 Å². The van der Waals surface area contributed by atoms with Crippen molar-refractivity contribution in [3.8, 4) is 5.69 Å². The Balaban J connectivity index is 1.78. The molecule has 2 unspecified atom stereocenters. The molecule has 0 saturated heterocycles. The van der Waals surface area contributed by atoms with Gasteiger partial charge in [0.25, 0.3) is 5.91 Å². The molecule has 1 fully saturated rings. The van der Waals surface area contributed by atoms with Crippen LogP contribution in [0.15, 0.2) is 30.3 Å². The summed E-state index contributed by atoms with van der Waals surface area (Å²) in [6, 6.07) is 9.09. The van der Waals surface area contributed by atoms with E-state index in [-0.39, 0.29) is 17.6 Å². The smallest absolute Gasteiger partial charge is 0.308 e. The van der Waals surface area contributed by atoms with Gasteiger partial charge in [-0.05, 0) is 31.9 Å². The average molecular weight is 356 g/mol. The van der Waals surface area contributed by atoms with Crippen molar-refractivity contribution in [3.63, 3.8) is 0 Å². The molecule has 0 bridgehead atoms. The fourth-order valence-electron chi connectivity index (χ4n) is 3.54. The molecule has 1 heterocycles. The number of carbonyl (C=O) groups excluding carboxylic acids is 1. The van der Waals surface area contributed by atoms with Crippen molar-refractivity contribution in [3.05, 3.63) is 41.7 Å². The van der Waals surface area contributed by atoms with E-state index in [1.165, 1.54) is 0 Å². The number of carbonyl (C=O) groups is 2. The lowest BCUT2D eigenvalue weighted by Gasteiger charge is -2.27. The van der Waals surface area contributed by atoms with Gasteiger partial charge >= 0.3 is 5.97 Å². The predicted octanol–water partition coefficient (Wildman–Crippen LogP) is 2.73. The first-order valence-electron chi connectivity index (χ1n) is 9.09. The van der Waals surface area contributed by atoms with E-state index in [2.05, 4.69) is 15.6 Å².